The average molecular weight is 490 g/mol. The number of amides is 3. The van der Waals surface area contributed by atoms with Gasteiger partial charge in [0.1, 0.15) is 16.5 Å². The van der Waals surface area contributed by atoms with Gasteiger partial charge in [-0.25, -0.2) is 13.6 Å². The summed E-state index contributed by atoms with van der Waals surface area (Å²) in [6, 6.07) is 7.41. The molecule has 0 radical (unpaired) electrons. The third-order valence-corrected chi connectivity index (χ3v) is 6.28. The molecule has 1 aliphatic rings. The molecular weight excluding hydrogens is 468 g/mol. The highest BCUT2D eigenvalue weighted by atomic mass is 32.1. The smallest absolute Gasteiger partial charge is 0.322 e. The van der Waals surface area contributed by atoms with Crippen LogP contribution in [0.25, 0.3) is 0 Å². The maximum Gasteiger partial charge on any atom is 0.322 e. The van der Waals surface area contributed by atoms with Crippen LogP contribution in [0.3, 0.4) is 0 Å². The van der Waals surface area contributed by atoms with Crippen LogP contribution < -0.4 is 20.1 Å². The van der Waals surface area contributed by atoms with Gasteiger partial charge in [-0.15, -0.1) is 10.2 Å². The fourth-order valence-corrected chi connectivity index (χ4v) is 4.47. The predicted molar refractivity (Wildman–Crippen MR) is 121 cm³/mol. The highest BCUT2D eigenvalue weighted by Gasteiger charge is 2.33. The van der Waals surface area contributed by atoms with Crippen molar-refractivity contribution in [3.05, 3.63) is 58.0 Å². The Morgan fingerprint density at radius 2 is 1.88 bits per heavy atom. The first kappa shape index (κ1) is 23.4. The predicted octanol–water partition coefficient (Wildman–Crippen LogP) is 4.45. The monoisotopic (exact) mass is 489 g/mol. The van der Waals surface area contributed by atoms with Crippen LogP contribution in [0.15, 0.2) is 36.4 Å². The molecule has 2 heterocycles. The quantitative estimate of drug-likeness (QED) is 0.530. The fourth-order valence-electron chi connectivity index (χ4n) is 3.58. The second-order valence-electron chi connectivity index (χ2n) is 7.38. The van der Waals surface area contributed by atoms with Crippen LogP contribution in [0.4, 0.5) is 25.0 Å². The van der Waals surface area contributed by atoms with Gasteiger partial charge in [-0.05, 0) is 37.1 Å². The molecule has 1 fully saturated rings. The number of carbonyl (C=O) groups excluding carboxylic acids is 2. The van der Waals surface area contributed by atoms with E-state index in [0.717, 1.165) is 29.9 Å². The number of anilines is 2. The molecular formula is C22H21F2N5O4S. The average Bonchev–Trinajstić information content (AvgIpc) is 3.51. The van der Waals surface area contributed by atoms with E-state index in [1.807, 2.05) is 0 Å². The van der Waals surface area contributed by atoms with Crippen molar-refractivity contribution in [3.8, 4) is 11.5 Å². The van der Waals surface area contributed by atoms with Gasteiger partial charge in [-0.1, -0.05) is 11.3 Å². The number of carbonyl (C=O) groups is 2. The number of nitrogens with zero attached hydrogens (tertiary/aromatic N) is 3. The van der Waals surface area contributed by atoms with Gasteiger partial charge in [0.15, 0.2) is 11.6 Å². The lowest BCUT2D eigenvalue weighted by molar-refractivity contribution is 0.102. The summed E-state index contributed by atoms with van der Waals surface area (Å²) in [5.41, 5.74) is 0.552. The van der Waals surface area contributed by atoms with Crippen LogP contribution in [0.1, 0.15) is 33.7 Å². The summed E-state index contributed by atoms with van der Waals surface area (Å²) in [4.78, 5) is 27.1. The highest BCUT2D eigenvalue weighted by molar-refractivity contribution is 7.13. The second kappa shape index (κ2) is 10.00. The standard InChI is InChI=1S/C22H21F2N5O4S/c1-32-13-6-8-18(33-2)16(11-13)26-22(31)29-9-3-4-17(29)20-27-28-21(34-20)19(30)25-12-5-7-14(23)15(24)10-12/h5-8,10-11,17H,3-4,9H2,1-2H3,(H,25,30)(H,26,31). The van der Waals surface area contributed by atoms with E-state index >= 15 is 0 Å². The zero-order valence-corrected chi connectivity index (χ0v) is 19.1. The van der Waals surface area contributed by atoms with Crippen molar-refractivity contribution in [3.63, 3.8) is 0 Å². The minimum absolute atomic E-state index is 0.0430. The minimum atomic E-state index is -1.07. The molecule has 1 aromatic heterocycles. The fraction of sp³-hybridized carbons (Fsp3) is 0.273. The molecule has 0 aliphatic carbocycles. The molecule has 3 aromatic rings. The molecule has 2 aromatic carbocycles. The van der Waals surface area contributed by atoms with Crippen LogP contribution in [-0.2, 0) is 0 Å². The molecule has 1 atom stereocenters. The first-order chi connectivity index (χ1) is 16.4. The Balaban J connectivity index is 1.47. The number of urea groups is 1. The van der Waals surface area contributed by atoms with Crippen molar-refractivity contribution < 1.29 is 27.8 Å². The van der Waals surface area contributed by atoms with Gasteiger partial charge in [-0.3, -0.25) is 4.79 Å². The van der Waals surface area contributed by atoms with Gasteiger partial charge < -0.3 is 25.0 Å². The van der Waals surface area contributed by atoms with Crippen LogP contribution in [0, 0.1) is 11.6 Å². The second-order valence-corrected chi connectivity index (χ2v) is 8.39. The summed E-state index contributed by atoms with van der Waals surface area (Å²) in [5.74, 6) is -1.64. The van der Waals surface area contributed by atoms with Gasteiger partial charge in [0, 0.05) is 24.4 Å². The number of halogens is 2. The number of nitrogens with one attached hydrogen (secondary N) is 2. The van der Waals surface area contributed by atoms with Crippen molar-refractivity contribution in [1.82, 2.24) is 15.1 Å². The maximum atomic E-state index is 13.4. The summed E-state index contributed by atoms with van der Waals surface area (Å²) in [6.07, 6.45) is 1.41. The van der Waals surface area contributed by atoms with Gasteiger partial charge in [-0.2, -0.15) is 0 Å². The van der Waals surface area contributed by atoms with E-state index in [2.05, 4.69) is 20.8 Å². The lowest BCUT2D eigenvalue weighted by atomic mass is 10.2. The van der Waals surface area contributed by atoms with E-state index in [9.17, 15) is 18.4 Å². The van der Waals surface area contributed by atoms with Crippen molar-refractivity contribution in [1.29, 1.82) is 0 Å². The van der Waals surface area contributed by atoms with E-state index in [-0.39, 0.29) is 22.8 Å². The first-order valence-corrected chi connectivity index (χ1v) is 11.1. The zero-order valence-electron chi connectivity index (χ0n) is 18.3. The molecule has 12 heteroatoms. The summed E-state index contributed by atoms with van der Waals surface area (Å²) >= 11 is 1.04. The Labute approximate surface area is 197 Å². The van der Waals surface area contributed by atoms with Crippen molar-refractivity contribution in [2.24, 2.45) is 0 Å². The molecule has 1 saturated heterocycles. The maximum absolute atomic E-state index is 13.4. The SMILES string of the molecule is COc1ccc(OC)c(NC(=O)N2CCCC2c2nnc(C(=O)Nc3ccc(F)c(F)c3)s2)c1. The number of rotatable bonds is 6. The Morgan fingerprint density at radius 3 is 2.62 bits per heavy atom. The molecule has 1 aliphatic heterocycles. The van der Waals surface area contributed by atoms with Crippen LogP contribution >= 0.6 is 11.3 Å². The molecule has 0 saturated carbocycles. The molecule has 0 bridgehead atoms. The number of likely N-dealkylation sites (tertiary alicyclic amines) is 1. The van der Waals surface area contributed by atoms with Crippen molar-refractivity contribution in [2.75, 3.05) is 31.4 Å². The molecule has 178 valence electrons. The molecule has 9 nitrogen and oxygen atoms in total. The van der Waals surface area contributed by atoms with Crippen molar-refractivity contribution >= 4 is 34.6 Å². The number of aromatic nitrogens is 2. The Kier molecular flexibility index (Phi) is 6.87. The molecule has 4 rings (SSSR count). The van der Waals surface area contributed by atoms with Gasteiger partial charge in [0.05, 0.1) is 25.9 Å². The highest BCUT2D eigenvalue weighted by Crippen LogP contribution is 2.35. The van der Waals surface area contributed by atoms with Crippen LogP contribution in [0.2, 0.25) is 0 Å². The summed E-state index contributed by atoms with van der Waals surface area (Å²) in [6.45, 7) is 0.499. The Bertz CT molecular complexity index is 1220. The first-order valence-electron chi connectivity index (χ1n) is 10.3. The van der Waals surface area contributed by atoms with Crippen LogP contribution in [-0.4, -0.2) is 47.8 Å². The zero-order chi connectivity index (χ0) is 24.2. The Morgan fingerprint density at radius 1 is 1.06 bits per heavy atom. The number of benzene rings is 2. The third kappa shape index (κ3) is 4.91. The largest absolute Gasteiger partial charge is 0.497 e. The topological polar surface area (TPSA) is 106 Å². The molecule has 1 unspecified atom stereocenters. The molecule has 2 N–H and O–H groups in total. The van der Waals surface area contributed by atoms with Gasteiger partial charge in [0.2, 0.25) is 5.01 Å². The lowest BCUT2D eigenvalue weighted by Crippen LogP contribution is -2.34. The summed E-state index contributed by atoms with van der Waals surface area (Å²) in [7, 11) is 3.03. The summed E-state index contributed by atoms with van der Waals surface area (Å²) in [5, 5.41) is 13.9. The Hall–Kier alpha value is -3.80. The number of ether oxygens (including phenoxy) is 2. The summed E-state index contributed by atoms with van der Waals surface area (Å²) < 4.78 is 37.0. The number of hydrogen-bond acceptors (Lipinski definition) is 7. The number of methoxy groups -OCH3 is 2. The van der Waals surface area contributed by atoms with E-state index in [1.54, 1.807) is 23.1 Å². The third-order valence-electron chi connectivity index (χ3n) is 5.26. The normalized spacial score (nSPS) is 15.2. The lowest BCUT2D eigenvalue weighted by Gasteiger charge is -2.23. The van der Waals surface area contributed by atoms with E-state index < -0.39 is 17.5 Å². The van der Waals surface area contributed by atoms with Crippen LogP contribution in [0.5, 0.6) is 11.5 Å². The molecule has 3 amide bonds. The molecule has 0 spiro atoms. The minimum Gasteiger partial charge on any atom is -0.497 e. The van der Waals surface area contributed by atoms with Crippen molar-refractivity contribution in [2.45, 2.75) is 18.9 Å². The molecule has 34 heavy (non-hydrogen) atoms. The van der Waals surface area contributed by atoms with E-state index in [4.69, 9.17) is 9.47 Å². The number of hydrogen-bond donors (Lipinski definition) is 2. The van der Waals surface area contributed by atoms with Gasteiger partial charge >= 0.3 is 6.03 Å². The van der Waals surface area contributed by atoms with E-state index in [1.165, 1.54) is 20.3 Å². The van der Waals surface area contributed by atoms with E-state index in [0.29, 0.717) is 35.2 Å². The van der Waals surface area contributed by atoms with Gasteiger partial charge in [0.25, 0.3) is 5.91 Å².